The number of nitrogens with zero attached hydrogens (tertiary/aromatic N) is 1. The van der Waals surface area contributed by atoms with Gasteiger partial charge in [-0.25, -0.2) is 9.55 Å². The largest absolute Gasteiger partial charge is 0.287 e. The molecule has 2 heterocycles. The molecule has 1 N–H and O–H groups in total. The summed E-state index contributed by atoms with van der Waals surface area (Å²) in [4.78, 5) is 3.38. The van der Waals surface area contributed by atoms with Crippen molar-refractivity contribution in [2.24, 2.45) is 0 Å². The van der Waals surface area contributed by atoms with Crippen LogP contribution in [0.5, 0.6) is 0 Å². The maximum atomic E-state index is 3.38. The molecular formula is C11H11N2+. The van der Waals surface area contributed by atoms with Crippen molar-refractivity contribution in [2.75, 3.05) is 0 Å². The van der Waals surface area contributed by atoms with Crippen molar-refractivity contribution in [1.82, 2.24) is 4.98 Å². The van der Waals surface area contributed by atoms with Crippen molar-refractivity contribution in [3.63, 3.8) is 0 Å². The van der Waals surface area contributed by atoms with Gasteiger partial charge in [0.2, 0.25) is 0 Å². The lowest BCUT2D eigenvalue weighted by molar-refractivity contribution is -0.670. The van der Waals surface area contributed by atoms with E-state index in [-0.39, 0.29) is 0 Å². The monoisotopic (exact) mass is 171 g/mol. The maximum absolute atomic E-state index is 3.38. The normalized spacial score (nSPS) is 12.7. The molecule has 3 rings (SSSR count). The second-order valence-corrected chi connectivity index (χ2v) is 3.57. The van der Waals surface area contributed by atoms with E-state index in [0.29, 0.717) is 0 Å². The number of benzene rings is 1. The van der Waals surface area contributed by atoms with E-state index in [0.717, 1.165) is 6.54 Å². The molecule has 0 saturated heterocycles. The van der Waals surface area contributed by atoms with Crippen molar-refractivity contribution < 1.29 is 4.57 Å². The quantitative estimate of drug-likeness (QED) is 0.496. The van der Waals surface area contributed by atoms with Crippen LogP contribution < -0.4 is 4.57 Å². The topological polar surface area (TPSA) is 19.7 Å². The molecular weight excluding hydrogens is 160 g/mol. The van der Waals surface area contributed by atoms with Gasteiger partial charge in [0.25, 0.3) is 5.82 Å². The van der Waals surface area contributed by atoms with Crippen molar-refractivity contribution in [2.45, 2.75) is 13.5 Å². The van der Waals surface area contributed by atoms with Gasteiger partial charge in [-0.2, -0.15) is 0 Å². The minimum absolute atomic E-state index is 1.01. The number of aromatic amines is 1. The number of hydrogen-bond donors (Lipinski definition) is 1. The minimum atomic E-state index is 1.01. The summed E-state index contributed by atoms with van der Waals surface area (Å²) in [5, 5.41) is 0. The van der Waals surface area contributed by atoms with E-state index in [2.05, 4.69) is 46.9 Å². The van der Waals surface area contributed by atoms with E-state index < -0.39 is 0 Å². The lowest BCUT2D eigenvalue weighted by Gasteiger charge is -1.90. The number of aryl methyl sites for hydroxylation is 1. The van der Waals surface area contributed by atoms with Crippen LogP contribution in [0.1, 0.15) is 11.3 Å². The molecule has 2 aromatic rings. The molecule has 0 radical (unpaired) electrons. The fraction of sp³-hybridized carbons (Fsp3) is 0.182. The Balaban J connectivity index is 2.30. The first kappa shape index (κ1) is 6.89. The molecule has 0 fully saturated rings. The zero-order valence-electron chi connectivity index (χ0n) is 7.54. The summed E-state index contributed by atoms with van der Waals surface area (Å²) in [6.07, 6.45) is 2.16. The molecule has 1 aromatic heterocycles. The first-order chi connectivity index (χ1) is 6.34. The summed E-state index contributed by atoms with van der Waals surface area (Å²) < 4.78 is 2.26. The Labute approximate surface area is 76.9 Å². The number of fused-ring (bicyclic) bond motifs is 3. The summed E-state index contributed by atoms with van der Waals surface area (Å²) in [7, 11) is 0. The fourth-order valence-corrected chi connectivity index (χ4v) is 2.01. The number of aromatic nitrogens is 2. The molecule has 2 heteroatoms. The number of imidazole rings is 1. The Bertz CT molecular complexity index is 469. The lowest BCUT2D eigenvalue weighted by Crippen LogP contribution is -2.29. The number of rotatable bonds is 0. The van der Waals surface area contributed by atoms with Gasteiger partial charge in [0.05, 0.1) is 5.56 Å². The van der Waals surface area contributed by atoms with Crippen molar-refractivity contribution >= 4 is 0 Å². The van der Waals surface area contributed by atoms with Gasteiger partial charge in [0.15, 0.2) is 0 Å². The predicted octanol–water partition coefficient (Wildman–Crippen LogP) is 1.64. The van der Waals surface area contributed by atoms with E-state index in [1.807, 2.05) is 0 Å². The molecule has 0 spiro atoms. The average molecular weight is 171 g/mol. The number of nitrogens with one attached hydrogen (secondary N) is 1. The first-order valence-corrected chi connectivity index (χ1v) is 4.52. The molecule has 0 atom stereocenters. The summed E-state index contributed by atoms with van der Waals surface area (Å²) in [6.45, 7) is 3.10. The van der Waals surface area contributed by atoms with Gasteiger partial charge in [0.1, 0.15) is 18.4 Å². The highest BCUT2D eigenvalue weighted by atomic mass is 15.1. The van der Waals surface area contributed by atoms with Gasteiger partial charge >= 0.3 is 0 Å². The fourth-order valence-electron chi connectivity index (χ4n) is 2.01. The lowest BCUT2D eigenvalue weighted by atomic mass is 10.1. The Morgan fingerprint density at radius 3 is 3.08 bits per heavy atom. The molecule has 1 aromatic carbocycles. The molecule has 64 valence electrons. The van der Waals surface area contributed by atoms with Gasteiger partial charge < -0.3 is 0 Å². The second-order valence-electron chi connectivity index (χ2n) is 3.57. The van der Waals surface area contributed by atoms with Crippen LogP contribution in [0, 0.1) is 6.92 Å². The highest BCUT2D eigenvalue weighted by molar-refractivity contribution is 5.59. The first-order valence-electron chi connectivity index (χ1n) is 4.52. The maximum Gasteiger partial charge on any atom is 0.287 e. The highest BCUT2D eigenvalue weighted by Gasteiger charge is 2.25. The minimum Gasteiger partial charge on any atom is -0.241 e. The Morgan fingerprint density at radius 2 is 2.15 bits per heavy atom. The third-order valence-electron chi connectivity index (χ3n) is 2.57. The van der Waals surface area contributed by atoms with Crippen LogP contribution in [-0.2, 0) is 6.54 Å². The van der Waals surface area contributed by atoms with Gasteiger partial charge in [-0.05, 0) is 6.07 Å². The van der Waals surface area contributed by atoms with Gasteiger partial charge in [-0.15, -0.1) is 0 Å². The van der Waals surface area contributed by atoms with Crippen molar-refractivity contribution in [3.8, 4) is 11.4 Å². The molecule has 2 nitrogen and oxygen atoms in total. The number of hydrogen-bond acceptors (Lipinski definition) is 0. The van der Waals surface area contributed by atoms with Crippen LogP contribution >= 0.6 is 0 Å². The van der Waals surface area contributed by atoms with E-state index in [9.17, 15) is 0 Å². The van der Waals surface area contributed by atoms with Gasteiger partial charge in [-0.3, -0.25) is 0 Å². The zero-order chi connectivity index (χ0) is 8.84. The van der Waals surface area contributed by atoms with Gasteiger partial charge in [-0.1, -0.05) is 18.2 Å². The van der Waals surface area contributed by atoms with Crippen LogP contribution in [0.15, 0.2) is 30.5 Å². The van der Waals surface area contributed by atoms with Crippen molar-refractivity contribution in [1.29, 1.82) is 0 Å². The molecule has 1 aliphatic heterocycles. The van der Waals surface area contributed by atoms with Crippen LogP contribution in [0.4, 0.5) is 0 Å². The molecule has 13 heavy (non-hydrogen) atoms. The highest BCUT2D eigenvalue weighted by Crippen LogP contribution is 2.24. The van der Waals surface area contributed by atoms with Gasteiger partial charge in [0, 0.05) is 12.5 Å². The van der Waals surface area contributed by atoms with E-state index in [4.69, 9.17) is 0 Å². The van der Waals surface area contributed by atoms with Crippen molar-refractivity contribution in [3.05, 3.63) is 41.7 Å². The Hall–Kier alpha value is -1.57. The van der Waals surface area contributed by atoms with Crippen LogP contribution in [-0.4, -0.2) is 4.98 Å². The van der Waals surface area contributed by atoms with Crippen LogP contribution in [0.2, 0.25) is 0 Å². The van der Waals surface area contributed by atoms with Crippen LogP contribution in [0.25, 0.3) is 11.4 Å². The Morgan fingerprint density at radius 1 is 1.31 bits per heavy atom. The molecule has 0 unspecified atom stereocenters. The summed E-state index contributed by atoms with van der Waals surface area (Å²) in [6, 6.07) is 8.54. The Kier molecular flexibility index (Phi) is 1.18. The predicted molar refractivity (Wildman–Crippen MR) is 50.3 cm³/mol. The molecule has 1 aliphatic rings. The molecule has 0 saturated carbocycles. The standard InChI is InChI=1S/C11H10N2/c1-8-6-13-7-9-4-2-3-5-10(9)11(13)12-8/h2-6H,7H2,1H3/p+1. The summed E-state index contributed by atoms with van der Waals surface area (Å²) in [5.74, 6) is 1.24. The average Bonchev–Trinajstić information content (AvgIpc) is 2.60. The smallest absolute Gasteiger partial charge is 0.241 e. The van der Waals surface area contributed by atoms with Crippen LogP contribution in [0.3, 0.4) is 0 Å². The molecule has 0 aliphatic carbocycles. The third kappa shape index (κ3) is 0.856. The van der Waals surface area contributed by atoms with E-state index >= 15 is 0 Å². The second kappa shape index (κ2) is 2.22. The molecule has 0 bridgehead atoms. The van der Waals surface area contributed by atoms with E-state index in [1.54, 1.807) is 0 Å². The third-order valence-corrected chi connectivity index (χ3v) is 2.57. The number of H-pyrrole nitrogens is 1. The summed E-state index contributed by atoms with van der Waals surface area (Å²) >= 11 is 0. The van der Waals surface area contributed by atoms with E-state index in [1.165, 1.54) is 22.6 Å². The SMILES string of the molecule is Cc1c[n+]2c([nH]1)-c1ccccc1C2. The summed E-state index contributed by atoms with van der Waals surface area (Å²) in [5.41, 5.74) is 3.98. The molecule has 0 amide bonds. The zero-order valence-corrected chi connectivity index (χ0v) is 7.54.